The number of carbonyl (C=O) groups is 2. The zero-order chi connectivity index (χ0) is 44.6. The van der Waals surface area contributed by atoms with Gasteiger partial charge in [-0.25, -0.2) is 30.6 Å². The van der Waals surface area contributed by atoms with Crippen LogP contribution >= 0.6 is 0 Å². The Kier molecular flexibility index (Phi) is 15.5. The highest BCUT2D eigenvalue weighted by Gasteiger charge is 2.51. The Bertz CT molecular complexity index is 1920. The number of hydrogen-bond acceptors (Lipinski definition) is 16. The molecule has 6 N–H and O–H groups in total. The number of hydrogen-bond donors (Lipinski definition) is 6. The first kappa shape index (κ1) is 48.0. The van der Waals surface area contributed by atoms with Gasteiger partial charge in [-0.2, -0.15) is 39.8 Å². The van der Waals surface area contributed by atoms with Crippen molar-refractivity contribution in [1.29, 1.82) is 0 Å². The molecule has 0 bridgehead atoms. The van der Waals surface area contributed by atoms with E-state index < -0.39 is 45.5 Å². The highest BCUT2D eigenvalue weighted by Crippen LogP contribution is 2.45. The van der Waals surface area contributed by atoms with E-state index in [4.69, 9.17) is 20.3 Å². The summed E-state index contributed by atoms with van der Waals surface area (Å²) >= 11 is 0. The predicted octanol–water partition coefficient (Wildman–Crippen LogP) is 9.84. The third kappa shape index (κ3) is 10.1. The lowest BCUT2D eigenvalue weighted by Crippen LogP contribution is -2.44. The normalized spacial score (nSPS) is 13.0. The summed E-state index contributed by atoms with van der Waals surface area (Å²) in [7, 11) is 0. The van der Waals surface area contributed by atoms with Crippen LogP contribution in [0.5, 0.6) is 0 Å². The lowest BCUT2D eigenvalue weighted by molar-refractivity contribution is -0.705. The molecule has 0 spiro atoms. The van der Waals surface area contributed by atoms with Gasteiger partial charge < -0.3 is 0 Å². The molecule has 326 valence electrons. The Morgan fingerprint density at radius 1 is 0.383 bits per heavy atom. The molecule has 16 heteroatoms. The van der Waals surface area contributed by atoms with Crippen molar-refractivity contribution in [1.82, 2.24) is 0 Å². The molecule has 0 aliphatic rings. The summed E-state index contributed by atoms with van der Waals surface area (Å²) in [5, 5.41) is 59.5. The van der Waals surface area contributed by atoms with Gasteiger partial charge in [-0.15, -0.1) is 0 Å². The van der Waals surface area contributed by atoms with Crippen LogP contribution in [0.15, 0.2) is 97.1 Å². The first-order valence-electron chi connectivity index (χ1n) is 19.0. The first-order valence-corrected chi connectivity index (χ1v) is 19.0. The smallest absolute Gasteiger partial charge is 0.295 e. The van der Waals surface area contributed by atoms with E-state index in [1.807, 2.05) is 55.4 Å². The Labute approximate surface area is 347 Å². The molecule has 0 aliphatic carbocycles. The fraction of sp³-hybridized carbons (Fsp3) is 0.409. The second-order valence-electron chi connectivity index (χ2n) is 17.1. The maximum absolute atomic E-state index is 12.4. The van der Waals surface area contributed by atoms with Crippen LogP contribution in [-0.2, 0) is 72.7 Å². The summed E-state index contributed by atoms with van der Waals surface area (Å²) in [6.07, 6.45) is 1.74. The lowest BCUT2D eigenvalue weighted by Gasteiger charge is -2.38. The molecule has 0 radical (unpaired) electrons. The molecule has 0 atom stereocenters. The van der Waals surface area contributed by atoms with Crippen molar-refractivity contribution in [3.8, 4) is 0 Å². The van der Waals surface area contributed by atoms with Gasteiger partial charge in [-0.3, -0.25) is 9.78 Å². The zero-order valence-corrected chi connectivity index (χ0v) is 34.8. The van der Waals surface area contributed by atoms with Gasteiger partial charge in [0.1, 0.15) is 0 Å². The molecule has 60 heavy (non-hydrogen) atoms. The third-order valence-corrected chi connectivity index (χ3v) is 11.4. The van der Waals surface area contributed by atoms with E-state index in [2.05, 4.69) is 29.3 Å². The van der Waals surface area contributed by atoms with Crippen molar-refractivity contribution >= 4 is 11.9 Å². The van der Waals surface area contributed by atoms with Gasteiger partial charge in [0.05, 0.1) is 22.3 Å². The summed E-state index contributed by atoms with van der Waals surface area (Å²) in [6, 6.07) is 26.1. The van der Waals surface area contributed by atoms with Crippen molar-refractivity contribution in [2.45, 2.75) is 115 Å². The largest absolute Gasteiger partial charge is 0.392 e. The number of benzene rings is 4. The van der Waals surface area contributed by atoms with Crippen molar-refractivity contribution in [2.24, 2.45) is 0 Å². The molecule has 0 aromatic heterocycles. The zero-order valence-electron chi connectivity index (χ0n) is 34.8. The minimum atomic E-state index is -3.01. The van der Waals surface area contributed by atoms with Gasteiger partial charge >= 0.3 is 23.9 Å². The van der Waals surface area contributed by atoms with Crippen LogP contribution < -0.4 is 0 Å². The van der Waals surface area contributed by atoms with Crippen molar-refractivity contribution < 1.29 is 80.2 Å². The number of carbonyl (C=O) groups excluding carboxylic acids is 2. The van der Waals surface area contributed by atoms with E-state index in [-0.39, 0.29) is 22.3 Å². The molecule has 4 aromatic rings. The highest BCUT2D eigenvalue weighted by atomic mass is 17.4. The maximum Gasteiger partial charge on any atom is 0.392 e. The maximum atomic E-state index is 12.4. The van der Waals surface area contributed by atoms with E-state index in [9.17, 15) is 30.6 Å². The molecule has 0 amide bonds. The molecular weight excluding hydrogens is 784 g/mol. The van der Waals surface area contributed by atoms with E-state index in [1.54, 1.807) is 72.8 Å². The minimum Gasteiger partial charge on any atom is -0.295 e. The first-order chi connectivity index (χ1) is 28.2. The molecule has 0 saturated carbocycles. The average Bonchev–Trinajstić information content (AvgIpc) is 3.26. The summed E-state index contributed by atoms with van der Waals surface area (Å²) in [5.74, 6) is -7.83. The van der Waals surface area contributed by atoms with Crippen LogP contribution in [0.1, 0.15) is 135 Å². The molecule has 16 nitrogen and oxygen atoms in total. The third-order valence-electron chi connectivity index (χ3n) is 11.4. The van der Waals surface area contributed by atoms with Gasteiger partial charge in [-0.1, -0.05) is 140 Å². The van der Waals surface area contributed by atoms with Crippen molar-refractivity contribution in [3.63, 3.8) is 0 Å². The highest BCUT2D eigenvalue weighted by molar-refractivity contribution is 5.91. The van der Waals surface area contributed by atoms with Crippen LogP contribution in [-0.4, -0.2) is 43.5 Å². The summed E-state index contributed by atoms with van der Waals surface area (Å²) < 4.78 is 0. The van der Waals surface area contributed by atoms with Gasteiger partial charge in [0.2, 0.25) is 0 Å². The van der Waals surface area contributed by atoms with Crippen LogP contribution in [0.3, 0.4) is 0 Å². The van der Waals surface area contributed by atoms with E-state index >= 15 is 0 Å². The van der Waals surface area contributed by atoms with Crippen molar-refractivity contribution in [3.05, 3.63) is 142 Å². The quantitative estimate of drug-likeness (QED) is 0.0260. The fourth-order valence-electron chi connectivity index (χ4n) is 7.56. The van der Waals surface area contributed by atoms with E-state index in [0.717, 1.165) is 0 Å². The monoisotopic (exact) mass is 838 g/mol. The van der Waals surface area contributed by atoms with Crippen LogP contribution in [0, 0.1) is 0 Å². The van der Waals surface area contributed by atoms with Gasteiger partial charge in [0.25, 0.3) is 0 Å². The Morgan fingerprint density at radius 3 is 0.883 bits per heavy atom. The van der Waals surface area contributed by atoms with E-state index in [1.165, 1.54) is 24.3 Å². The summed E-state index contributed by atoms with van der Waals surface area (Å²) in [6.45, 7) is 15.2. The Morgan fingerprint density at radius 2 is 0.617 bits per heavy atom. The summed E-state index contributed by atoms with van der Waals surface area (Å²) in [5.41, 5.74) is -0.701. The second-order valence-corrected chi connectivity index (χ2v) is 17.1. The molecule has 4 aromatic carbocycles. The molecule has 0 unspecified atom stereocenters. The van der Waals surface area contributed by atoms with Gasteiger partial charge in [-0.05, 0) is 81.7 Å². The molecule has 0 saturated heterocycles. The molecule has 4 rings (SSSR count). The lowest BCUT2D eigenvalue weighted by atomic mass is 9.71. The van der Waals surface area contributed by atoms with Gasteiger partial charge in [0, 0.05) is 0 Å². The Hall–Kier alpha value is -4.66. The van der Waals surface area contributed by atoms with Crippen LogP contribution in [0.25, 0.3) is 0 Å². The minimum absolute atomic E-state index is 0.118. The fourth-order valence-corrected chi connectivity index (χ4v) is 7.56. The Balaban J connectivity index is 1.66. The van der Waals surface area contributed by atoms with Crippen LogP contribution in [0.2, 0.25) is 0 Å². The van der Waals surface area contributed by atoms with Gasteiger partial charge in [0.15, 0.2) is 0 Å². The number of rotatable bonds is 21. The SMILES string of the molecule is CC(C)(CCC(C)(C)c1ccccc1C(OO)(OO)OOC(OO)(OO)c1ccccc1C(C)(C)CCC(C)(C)c1ccccc1C(=O)OO)c1ccccc1C(=O)OO. The average molecular weight is 839 g/mol. The molecule has 0 heterocycles. The van der Waals surface area contributed by atoms with Crippen LogP contribution in [0.4, 0.5) is 0 Å². The molecule has 0 fully saturated rings. The topological polar surface area (TPSA) is 229 Å². The van der Waals surface area contributed by atoms with Crippen molar-refractivity contribution in [2.75, 3.05) is 0 Å². The molecule has 0 aliphatic heterocycles. The summed E-state index contributed by atoms with van der Waals surface area (Å²) in [4.78, 5) is 62.2. The predicted molar refractivity (Wildman–Crippen MR) is 213 cm³/mol. The standard InChI is InChI=1S/C44H54O16/c1-39(2,31-19-11-9-17-29(31)37(45)53-47)25-27-41(5,6)33-21-13-15-23-35(33)43(55-49,56-50)59-60-44(57-51,58-52)36-24-16-14-22-34(36)42(7,8)28-26-40(3,4)32-20-12-10-18-30(32)38(46)54-48/h9-24,47-52H,25-28H2,1-8H3. The van der Waals surface area contributed by atoms with E-state index in [0.29, 0.717) is 47.9 Å². The molecular formula is C44H54O16. The second kappa shape index (κ2) is 19.4.